The Bertz CT molecular complexity index is 904. The topological polar surface area (TPSA) is 90.9 Å². The summed E-state index contributed by atoms with van der Waals surface area (Å²) in [6.07, 6.45) is 3.79. The Morgan fingerprint density at radius 3 is 2.64 bits per heavy atom. The summed E-state index contributed by atoms with van der Waals surface area (Å²) in [6, 6.07) is 6.46. The monoisotopic (exact) mass is 403 g/mol. The summed E-state index contributed by atoms with van der Waals surface area (Å²) in [6.45, 7) is -0.244. The molecule has 148 valence electrons. The number of carbonyl (C=O) groups excluding carboxylic acids is 3. The zero-order valence-corrected chi connectivity index (χ0v) is 16.5. The molecular weight excluding hydrogens is 382 g/mol. The average Bonchev–Trinajstić information content (AvgIpc) is 3.09. The van der Waals surface area contributed by atoms with Gasteiger partial charge in [0.1, 0.15) is 10.8 Å². The predicted octanol–water partition coefficient (Wildman–Crippen LogP) is 3.22. The second-order valence-electron chi connectivity index (χ2n) is 6.25. The molecule has 1 aromatic heterocycles. The summed E-state index contributed by atoms with van der Waals surface area (Å²) in [7, 11) is 2.61. The molecule has 1 aliphatic carbocycles. The van der Waals surface area contributed by atoms with Crippen molar-refractivity contribution in [3.63, 3.8) is 0 Å². The second kappa shape index (κ2) is 8.88. The van der Waals surface area contributed by atoms with Gasteiger partial charge in [-0.3, -0.25) is 4.79 Å². The fourth-order valence-corrected chi connectivity index (χ4v) is 4.35. The standard InChI is InChI=1S/C20H21NO6S/c1-25-16(22)11-27-13-7-5-6-12(10-13)18(23)21-19-17(20(24)26-2)14-8-3-4-9-15(14)28-19/h5-7,10H,3-4,8-9,11H2,1-2H3,(H,21,23). The van der Waals surface area contributed by atoms with Crippen LogP contribution < -0.4 is 10.1 Å². The quantitative estimate of drug-likeness (QED) is 0.745. The van der Waals surface area contributed by atoms with E-state index in [-0.39, 0.29) is 12.5 Å². The third-order valence-corrected chi connectivity index (χ3v) is 5.68. The van der Waals surface area contributed by atoms with E-state index in [1.165, 1.54) is 31.6 Å². The first kappa shape index (κ1) is 19.9. The lowest BCUT2D eigenvalue weighted by Crippen LogP contribution is -2.16. The summed E-state index contributed by atoms with van der Waals surface area (Å²) < 4.78 is 14.8. The van der Waals surface area contributed by atoms with Gasteiger partial charge in [0.15, 0.2) is 6.61 Å². The summed E-state index contributed by atoms with van der Waals surface area (Å²) >= 11 is 1.42. The molecule has 1 amide bonds. The number of carbonyl (C=O) groups is 3. The van der Waals surface area contributed by atoms with E-state index in [0.29, 0.717) is 21.9 Å². The van der Waals surface area contributed by atoms with Crippen LogP contribution in [0.15, 0.2) is 24.3 Å². The summed E-state index contributed by atoms with van der Waals surface area (Å²) in [5, 5.41) is 3.34. The van der Waals surface area contributed by atoms with Gasteiger partial charge in [-0.1, -0.05) is 6.07 Å². The zero-order chi connectivity index (χ0) is 20.1. The number of ether oxygens (including phenoxy) is 3. The van der Waals surface area contributed by atoms with Gasteiger partial charge in [-0.25, -0.2) is 9.59 Å². The van der Waals surface area contributed by atoms with Crippen molar-refractivity contribution in [1.82, 2.24) is 0 Å². The predicted molar refractivity (Wildman–Crippen MR) is 104 cm³/mol. The lowest BCUT2D eigenvalue weighted by molar-refractivity contribution is -0.142. The van der Waals surface area contributed by atoms with Crippen LogP contribution in [0.5, 0.6) is 5.75 Å². The SMILES string of the molecule is COC(=O)COc1cccc(C(=O)Nc2sc3c(c2C(=O)OC)CCCC3)c1. The first-order valence-electron chi connectivity index (χ1n) is 8.87. The molecule has 0 atom stereocenters. The fraction of sp³-hybridized carbons (Fsp3) is 0.350. The van der Waals surface area contributed by atoms with Crippen LogP contribution in [-0.4, -0.2) is 38.7 Å². The number of amides is 1. The maximum Gasteiger partial charge on any atom is 0.343 e. The Morgan fingerprint density at radius 1 is 1.11 bits per heavy atom. The van der Waals surface area contributed by atoms with Crippen LogP contribution in [0.2, 0.25) is 0 Å². The van der Waals surface area contributed by atoms with Crippen molar-refractivity contribution in [2.45, 2.75) is 25.7 Å². The molecule has 7 nitrogen and oxygen atoms in total. The molecule has 28 heavy (non-hydrogen) atoms. The fourth-order valence-electron chi connectivity index (χ4n) is 3.08. The Morgan fingerprint density at radius 2 is 1.89 bits per heavy atom. The number of hydrogen-bond donors (Lipinski definition) is 1. The van der Waals surface area contributed by atoms with E-state index in [9.17, 15) is 14.4 Å². The molecule has 1 N–H and O–H groups in total. The lowest BCUT2D eigenvalue weighted by Gasteiger charge is -2.12. The number of anilines is 1. The van der Waals surface area contributed by atoms with E-state index >= 15 is 0 Å². The minimum atomic E-state index is -0.512. The number of rotatable bonds is 6. The number of benzene rings is 1. The molecule has 1 heterocycles. The highest BCUT2D eigenvalue weighted by Gasteiger charge is 2.27. The number of fused-ring (bicyclic) bond motifs is 1. The molecule has 0 saturated heterocycles. The molecule has 0 spiro atoms. The van der Waals surface area contributed by atoms with Gasteiger partial charge in [0, 0.05) is 10.4 Å². The largest absolute Gasteiger partial charge is 0.482 e. The smallest absolute Gasteiger partial charge is 0.343 e. The van der Waals surface area contributed by atoms with E-state index in [2.05, 4.69) is 10.1 Å². The molecule has 1 aromatic carbocycles. The summed E-state index contributed by atoms with van der Waals surface area (Å²) in [5.74, 6) is -0.949. The third-order valence-electron chi connectivity index (χ3n) is 4.47. The Hall–Kier alpha value is -2.87. The van der Waals surface area contributed by atoms with Crippen LogP contribution in [-0.2, 0) is 27.1 Å². The van der Waals surface area contributed by atoms with Crippen molar-refractivity contribution in [1.29, 1.82) is 0 Å². The molecule has 1 aliphatic rings. The second-order valence-corrected chi connectivity index (χ2v) is 7.36. The number of nitrogens with one attached hydrogen (secondary N) is 1. The maximum atomic E-state index is 12.7. The van der Waals surface area contributed by atoms with Crippen molar-refractivity contribution in [3.8, 4) is 5.75 Å². The van der Waals surface area contributed by atoms with E-state index < -0.39 is 11.9 Å². The van der Waals surface area contributed by atoms with E-state index in [1.54, 1.807) is 18.2 Å². The molecule has 0 radical (unpaired) electrons. The molecule has 3 rings (SSSR count). The van der Waals surface area contributed by atoms with Gasteiger partial charge in [0.2, 0.25) is 0 Å². The number of thiophene rings is 1. The maximum absolute atomic E-state index is 12.7. The lowest BCUT2D eigenvalue weighted by atomic mass is 9.95. The number of esters is 2. The Balaban J connectivity index is 1.81. The van der Waals surface area contributed by atoms with Gasteiger partial charge in [-0.2, -0.15) is 0 Å². The van der Waals surface area contributed by atoms with Gasteiger partial charge < -0.3 is 19.5 Å². The third kappa shape index (κ3) is 4.33. The van der Waals surface area contributed by atoms with Crippen LogP contribution in [0.4, 0.5) is 5.00 Å². The van der Waals surface area contributed by atoms with Crippen molar-refractivity contribution in [2.75, 3.05) is 26.1 Å². The van der Waals surface area contributed by atoms with E-state index in [4.69, 9.17) is 9.47 Å². The van der Waals surface area contributed by atoms with Crippen molar-refractivity contribution < 1.29 is 28.6 Å². The zero-order valence-electron chi connectivity index (χ0n) is 15.7. The highest BCUT2D eigenvalue weighted by molar-refractivity contribution is 7.17. The summed E-state index contributed by atoms with van der Waals surface area (Å²) in [4.78, 5) is 37.3. The van der Waals surface area contributed by atoms with Gasteiger partial charge in [-0.05, 0) is 49.4 Å². The van der Waals surface area contributed by atoms with Crippen LogP contribution in [0, 0.1) is 0 Å². The first-order valence-corrected chi connectivity index (χ1v) is 9.69. The number of aryl methyl sites for hydroxylation is 1. The molecular formula is C20H21NO6S. The first-order chi connectivity index (χ1) is 13.5. The highest BCUT2D eigenvalue weighted by Crippen LogP contribution is 2.38. The van der Waals surface area contributed by atoms with Crippen LogP contribution >= 0.6 is 11.3 Å². The van der Waals surface area contributed by atoms with Gasteiger partial charge >= 0.3 is 11.9 Å². The van der Waals surface area contributed by atoms with Crippen molar-refractivity contribution in [3.05, 3.63) is 45.8 Å². The van der Waals surface area contributed by atoms with Gasteiger partial charge in [0.05, 0.1) is 19.8 Å². The molecule has 2 aromatic rings. The molecule has 8 heteroatoms. The van der Waals surface area contributed by atoms with Crippen molar-refractivity contribution in [2.24, 2.45) is 0 Å². The van der Waals surface area contributed by atoms with Gasteiger partial charge in [-0.15, -0.1) is 11.3 Å². The molecule has 0 unspecified atom stereocenters. The van der Waals surface area contributed by atoms with Crippen molar-refractivity contribution >= 4 is 34.2 Å². The number of hydrogen-bond acceptors (Lipinski definition) is 7. The minimum absolute atomic E-state index is 0.244. The minimum Gasteiger partial charge on any atom is -0.482 e. The van der Waals surface area contributed by atoms with E-state index in [1.807, 2.05) is 0 Å². The van der Waals surface area contributed by atoms with Gasteiger partial charge in [0.25, 0.3) is 5.91 Å². The molecule has 0 saturated carbocycles. The summed E-state index contributed by atoms with van der Waals surface area (Å²) in [5.41, 5.74) is 1.78. The Kier molecular flexibility index (Phi) is 6.30. The van der Waals surface area contributed by atoms with Crippen LogP contribution in [0.25, 0.3) is 0 Å². The molecule has 0 fully saturated rings. The number of methoxy groups -OCH3 is 2. The average molecular weight is 403 g/mol. The molecule has 0 aliphatic heterocycles. The Labute approximate surface area is 166 Å². The van der Waals surface area contributed by atoms with E-state index in [0.717, 1.165) is 36.1 Å². The van der Waals surface area contributed by atoms with Crippen LogP contribution in [0.3, 0.4) is 0 Å². The molecule has 0 bridgehead atoms. The van der Waals surface area contributed by atoms with Crippen LogP contribution in [0.1, 0.15) is 44.0 Å². The normalized spacial score (nSPS) is 12.6. The highest BCUT2D eigenvalue weighted by atomic mass is 32.1.